The van der Waals surface area contributed by atoms with Crippen LogP contribution in [0.15, 0.2) is 30.6 Å². The van der Waals surface area contributed by atoms with Gasteiger partial charge in [0.1, 0.15) is 0 Å². The fourth-order valence-electron chi connectivity index (χ4n) is 1.71. The quantitative estimate of drug-likeness (QED) is 0.910. The number of carbonyl (C=O) groups is 1. The smallest absolute Gasteiger partial charge is 0.352 e. The fourth-order valence-corrected chi connectivity index (χ4v) is 1.91. The summed E-state index contributed by atoms with van der Waals surface area (Å²) in [5.74, 6) is -0.644. The number of rotatable bonds is 4. The molecule has 0 radical (unpaired) electrons. The number of aromatic amines is 1. The second-order valence-corrected chi connectivity index (χ2v) is 4.71. The molecule has 1 aromatic heterocycles. The van der Waals surface area contributed by atoms with E-state index in [0.29, 0.717) is 6.42 Å². The van der Waals surface area contributed by atoms with Crippen molar-refractivity contribution in [2.24, 2.45) is 0 Å². The van der Waals surface area contributed by atoms with Crippen LogP contribution < -0.4 is 5.32 Å². The Morgan fingerprint density at radius 3 is 2.76 bits per heavy atom. The first kappa shape index (κ1) is 15.4. The molecule has 0 atom stereocenters. The standard InChI is InChI=1S/C13H11ClF3N3O/c14-11-2-1-9(13(15,16)17)5-10(11)12(21)18-4-3-8-6-19-20-7-8/h1-2,5-7H,3-4H2,(H,18,21)(H,19,20). The maximum Gasteiger partial charge on any atom is 0.416 e. The average Bonchev–Trinajstić information content (AvgIpc) is 2.91. The third kappa shape index (κ3) is 3.98. The van der Waals surface area contributed by atoms with Crippen molar-refractivity contribution in [1.82, 2.24) is 15.5 Å². The van der Waals surface area contributed by atoms with Gasteiger partial charge in [0.05, 0.1) is 22.3 Å². The van der Waals surface area contributed by atoms with Crippen LogP contribution in [0, 0.1) is 0 Å². The van der Waals surface area contributed by atoms with Crippen molar-refractivity contribution in [3.8, 4) is 0 Å². The first-order valence-electron chi connectivity index (χ1n) is 6.00. The molecule has 2 aromatic rings. The van der Waals surface area contributed by atoms with Crippen LogP contribution >= 0.6 is 11.6 Å². The number of halogens is 4. The van der Waals surface area contributed by atoms with Crippen molar-refractivity contribution in [2.75, 3.05) is 6.54 Å². The topological polar surface area (TPSA) is 57.8 Å². The maximum absolute atomic E-state index is 12.6. The minimum absolute atomic E-state index is 0.0242. The van der Waals surface area contributed by atoms with Crippen molar-refractivity contribution >= 4 is 17.5 Å². The summed E-state index contributed by atoms with van der Waals surface area (Å²) in [4.78, 5) is 11.9. The van der Waals surface area contributed by atoms with Crippen molar-refractivity contribution < 1.29 is 18.0 Å². The van der Waals surface area contributed by atoms with E-state index in [4.69, 9.17) is 11.6 Å². The van der Waals surface area contributed by atoms with Crippen LogP contribution in [0.5, 0.6) is 0 Å². The Morgan fingerprint density at radius 2 is 2.14 bits per heavy atom. The van der Waals surface area contributed by atoms with Gasteiger partial charge in [0.15, 0.2) is 0 Å². The van der Waals surface area contributed by atoms with E-state index < -0.39 is 17.6 Å². The number of carbonyl (C=O) groups excluding carboxylic acids is 1. The molecule has 0 unspecified atom stereocenters. The molecular formula is C13H11ClF3N3O. The predicted molar refractivity (Wildman–Crippen MR) is 71.1 cm³/mol. The lowest BCUT2D eigenvalue weighted by Gasteiger charge is -2.10. The molecule has 0 saturated carbocycles. The van der Waals surface area contributed by atoms with E-state index in [1.165, 1.54) is 0 Å². The highest BCUT2D eigenvalue weighted by atomic mass is 35.5. The molecule has 21 heavy (non-hydrogen) atoms. The lowest BCUT2D eigenvalue weighted by molar-refractivity contribution is -0.137. The van der Waals surface area contributed by atoms with Gasteiger partial charge in [-0.25, -0.2) is 0 Å². The van der Waals surface area contributed by atoms with Crippen LogP contribution in [-0.2, 0) is 12.6 Å². The molecule has 112 valence electrons. The van der Waals surface area contributed by atoms with Gasteiger partial charge < -0.3 is 5.32 Å². The van der Waals surface area contributed by atoms with E-state index >= 15 is 0 Å². The molecule has 0 aliphatic rings. The summed E-state index contributed by atoms with van der Waals surface area (Å²) in [6.45, 7) is 0.269. The minimum Gasteiger partial charge on any atom is -0.352 e. The molecule has 0 spiro atoms. The Kier molecular flexibility index (Phi) is 4.52. The lowest BCUT2D eigenvalue weighted by Crippen LogP contribution is -2.26. The number of hydrogen-bond acceptors (Lipinski definition) is 2. The van der Waals surface area contributed by atoms with Crippen LogP contribution in [0.2, 0.25) is 5.02 Å². The number of nitrogens with zero attached hydrogens (tertiary/aromatic N) is 1. The second kappa shape index (κ2) is 6.17. The van der Waals surface area contributed by atoms with Gasteiger partial charge in [0, 0.05) is 12.7 Å². The Morgan fingerprint density at radius 1 is 1.38 bits per heavy atom. The maximum atomic E-state index is 12.6. The number of alkyl halides is 3. The summed E-state index contributed by atoms with van der Waals surface area (Å²) in [5.41, 5.74) is -0.226. The zero-order valence-corrected chi connectivity index (χ0v) is 11.4. The molecular weight excluding hydrogens is 307 g/mol. The van der Waals surface area contributed by atoms with Crippen LogP contribution in [0.3, 0.4) is 0 Å². The second-order valence-electron chi connectivity index (χ2n) is 4.30. The van der Waals surface area contributed by atoms with E-state index in [1.54, 1.807) is 12.4 Å². The number of hydrogen-bond donors (Lipinski definition) is 2. The Bertz CT molecular complexity index is 626. The molecule has 0 aliphatic carbocycles. The molecule has 4 nitrogen and oxygen atoms in total. The summed E-state index contributed by atoms with van der Waals surface area (Å²) >= 11 is 5.78. The average molecular weight is 318 g/mol. The third-order valence-corrected chi connectivity index (χ3v) is 3.12. The van der Waals surface area contributed by atoms with E-state index in [1.807, 2.05) is 0 Å². The summed E-state index contributed by atoms with van der Waals surface area (Å²) in [7, 11) is 0. The van der Waals surface area contributed by atoms with Crippen molar-refractivity contribution in [3.05, 3.63) is 52.3 Å². The van der Waals surface area contributed by atoms with Gasteiger partial charge in [-0.05, 0) is 30.2 Å². The molecule has 0 aliphatic heterocycles. The van der Waals surface area contributed by atoms with Crippen LogP contribution in [0.25, 0.3) is 0 Å². The Balaban J connectivity index is 2.04. The van der Waals surface area contributed by atoms with Crippen molar-refractivity contribution in [3.63, 3.8) is 0 Å². The first-order valence-corrected chi connectivity index (χ1v) is 6.38. The van der Waals surface area contributed by atoms with Gasteiger partial charge in [-0.3, -0.25) is 9.89 Å². The monoisotopic (exact) mass is 317 g/mol. The molecule has 2 N–H and O–H groups in total. The normalized spacial score (nSPS) is 11.4. The van der Waals surface area contributed by atoms with Crippen LogP contribution in [0.1, 0.15) is 21.5 Å². The third-order valence-electron chi connectivity index (χ3n) is 2.79. The van der Waals surface area contributed by atoms with Crippen LogP contribution in [0.4, 0.5) is 13.2 Å². The highest BCUT2D eigenvalue weighted by molar-refractivity contribution is 6.33. The van der Waals surface area contributed by atoms with Gasteiger partial charge in [-0.1, -0.05) is 11.6 Å². The summed E-state index contributed by atoms with van der Waals surface area (Å²) in [6, 6.07) is 2.65. The van der Waals surface area contributed by atoms with E-state index in [9.17, 15) is 18.0 Å². The summed E-state index contributed by atoms with van der Waals surface area (Å²) in [6.07, 6.45) is -0.734. The molecule has 1 aromatic carbocycles. The molecule has 0 bridgehead atoms. The van der Waals surface area contributed by atoms with Gasteiger partial charge in [0.2, 0.25) is 0 Å². The lowest BCUT2D eigenvalue weighted by atomic mass is 10.1. The molecule has 2 rings (SSSR count). The predicted octanol–water partition coefficient (Wildman–Crippen LogP) is 3.05. The van der Waals surface area contributed by atoms with Gasteiger partial charge in [0.25, 0.3) is 5.91 Å². The summed E-state index contributed by atoms with van der Waals surface area (Å²) in [5, 5.41) is 8.87. The molecule has 0 saturated heterocycles. The minimum atomic E-state index is -4.52. The molecule has 0 fully saturated rings. The molecule has 1 heterocycles. The van der Waals surface area contributed by atoms with Gasteiger partial charge >= 0.3 is 6.18 Å². The fraction of sp³-hybridized carbons (Fsp3) is 0.231. The first-order chi connectivity index (χ1) is 9.88. The van der Waals surface area contributed by atoms with Crippen molar-refractivity contribution in [1.29, 1.82) is 0 Å². The highest BCUT2D eigenvalue weighted by Crippen LogP contribution is 2.31. The number of amides is 1. The largest absolute Gasteiger partial charge is 0.416 e. The Labute approximate surface area is 123 Å². The highest BCUT2D eigenvalue weighted by Gasteiger charge is 2.31. The Hall–Kier alpha value is -2.02. The number of nitrogens with one attached hydrogen (secondary N) is 2. The number of benzene rings is 1. The van der Waals surface area contributed by atoms with E-state index in [-0.39, 0.29) is 17.1 Å². The molecule has 1 amide bonds. The van der Waals surface area contributed by atoms with E-state index in [2.05, 4.69) is 15.5 Å². The van der Waals surface area contributed by atoms with Gasteiger partial charge in [-0.15, -0.1) is 0 Å². The zero-order chi connectivity index (χ0) is 15.5. The van der Waals surface area contributed by atoms with Gasteiger partial charge in [-0.2, -0.15) is 18.3 Å². The number of aromatic nitrogens is 2. The number of H-pyrrole nitrogens is 1. The van der Waals surface area contributed by atoms with E-state index in [0.717, 1.165) is 23.8 Å². The zero-order valence-electron chi connectivity index (χ0n) is 10.7. The molecule has 8 heteroatoms. The van der Waals surface area contributed by atoms with Crippen LogP contribution in [-0.4, -0.2) is 22.6 Å². The van der Waals surface area contributed by atoms with Crippen molar-refractivity contribution in [2.45, 2.75) is 12.6 Å². The SMILES string of the molecule is O=C(NCCc1cn[nH]c1)c1cc(C(F)(F)F)ccc1Cl. The summed E-state index contributed by atoms with van der Waals surface area (Å²) < 4.78 is 37.8.